The Labute approximate surface area is 126 Å². The van der Waals surface area contributed by atoms with Crippen LogP contribution in [-0.4, -0.2) is 0 Å². The summed E-state index contributed by atoms with van der Waals surface area (Å²) in [5, 5.41) is 0. The van der Waals surface area contributed by atoms with Crippen LogP contribution in [0.3, 0.4) is 0 Å². The van der Waals surface area contributed by atoms with E-state index in [4.69, 9.17) is 10.5 Å². The molecule has 3 rings (SSSR count). The normalized spacial score (nSPS) is 15.8. The van der Waals surface area contributed by atoms with E-state index in [-0.39, 0.29) is 0 Å². The van der Waals surface area contributed by atoms with Crippen LogP contribution in [0.15, 0.2) is 48.5 Å². The Morgan fingerprint density at radius 1 is 0.857 bits per heavy atom. The van der Waals surface area contributed by atoms with Crippen molar-refractivity contribution < 1.29 is 4.74 Å². The summed E-state index contributed by atoms with van der Waals surface area (Å²) in [5.74, 6) is 1.69. The SMILES string of the molecule is Nc1ccc(COc2ccc(C3CCCCC3)cc2)cc1. The predicted molar refractivity (Wildman–Crippen MR) is 87.5 cm³/mol. The summed E-state index contributed by atoms with van der Waals surface area (Å²) in [6.45, 7) is 0.586. The van der Waals surface area contributed by atoms with E-state index in [1.807, 2.05) is 24.3 Å². The standard InChI is InChI=1S/C19H23NO/c20-18-10-6-15(7-11-18)14-21-19-12-8-17(9-13-19)16-4-2-1-3-5-16/h6-13,16H,1-5,14,20H2. The molecule has 2 aromatic rings. The lowest BCUT2D eigenvalue weighted by Gasteiger charge is -2.22. The zero-order valence-corrected chi connectivity index (χ0v) is 12.4. The van der Waals surface area contributed by atoms with Gasteiger partial charge in [-0.3, -0.25) is 0 Å². The lowest BCUT2D eigenvalue weighted by Crippen LogP contribution is -2.04. The van der Waals surface area contributed by atoms with Gasteiger partial charge in [0, 0.05) is 5.69 Å². The van der Waals surface area contributed by atoms with Gasteiger partial charge in [0.2, 0.25) is 0 Å². The minimum atomic E-state index is 0.586. The first-order chi connectivity index (χ1) is 10.3. The third-order valence-electron chi connectivity index (χ3n) is 4.34. The van der Waals surface area contributed by atoms with Crippen LogP contribution in [0.5, 0.6) is 5.75 Å². The summed E-state index contributed by atoms with van der Waals surface area (Å²) in [6, 6.07) is 16.5. The highest BCUT2D eigenvalue weighted by Gasteiger charge is 2.15. The summed E-state index contributed by atoms with van der Waals surface area (Å²) in [6.07, 6.45) is 6.83. The number of hydrogen-bond donors (Lipinski definition) is 1. The maximum absolute atomic E-state index is 5.83. The first kappa shape index (κ1) is 14.0. The molecule has 0 spiro atoms. The summed E-state index contributed by atoms with van der Waals surface area (Å²) < 4.78 is 5.83. The molecule has 1 aliphatic rings. The van der Waals surface area contributed by atoms with E-state index in [1.54, 1.807) is 0 Å². The van der Waals surface area contributed by atoms with E-state index in [9.17, 15) is 0 Å². The second kappa shape index (κ2) is 6.66. The molecule has 0 saturated heterocycles. The highest BCUT2D eigenvalue weighted by Crippen LogP contribution is 2.33. The van der Waals surface area contributed by atoms with Crippen LogP contribution in [0.4, 0.5) is 5.69 Å². The predicted octanol–water partition coefficient (Wildman–Crippen LogP) is 4.90. The van der Waals surface area contributed by atoms with E-state index in [0.717, 1.165) is 22.9 Å². The van der Waals surface area contributed by atoms with Gasteiger partial charge in [0.1, 0.15) is 12.4 Å². The van der Waals surface area contributed by atoms with Gasteiger partial charge in [-0.1, -0.05) is 43.5 Å². The molecule has 21 heavy (non-hydrogen) atoms. The van der Waals surface area contributed by atoms with Crippen molar-refractivity contribution in [2.75, 3.05) is 5.73 Å². The third kappa shape index (κ3) is 3.78. The number of hydrogen-bond acceptors (Lipinski definition) is 2. The second-order valence-corrected chi connectivity index (χ2v) is 5.93. The average molecular weight is 281 g/mol. The highest BCUT2D eigenvalue weighted by atomic mass is 16.5. The largest absolute Gasteiger partial charge is 0.489 e. The Morgan fingerprint density at radius 3 is 2.19 bits per heavy atom. The number of benzene rings is 2. The molecule has 0 amide bonds. The number of anilines is 1. The zero-order chi connectivity index (χ0) is 14.5. The van der Waals surface area contributed by atoms with Crippen LogP contribution in [0, 0.1) is 0 Å². The average Bonchev–Trinajstić information content (AvgIpc) is 2.56. The summed E-state index contributed by atoms with van der Waals surface area (Å²) in [5.41, 5.74) is 9.07. The molecule has 0 aromatic heterocycles. The molecule has 2 aromatic carbocycles. The lowest BCUT2D eigenvalue weighted by molar-refractivity contribution is 0.306. The molecule has 1 saturated carbocycles. The van der Waals surface area contributed by atoms with Gasteiger partial charge in [0.15, 0.2) is 0 Å². The van der Waals surface area contributed by atoms with Gasteiger partial charge in [0.05, 0.1) is 0 Å². The minimum Gasteiger partial charge on any atom is -0.489 e. The highest BCUT2D eigenvalue weighted by molar-refractivity contribution is 5.39. The maximum Gasteiger partial charge on any atom is 0.119 e. The third-order valence-corrected chi connectivity index (χ3v) is 4.34. The van der Waals surface area contributed by atoms with Gasteiger partial charge >= 0.3 is 0 Å². The van der Waals surface area contributed by atoms with Gasteiger partial charge in [-0.05, 0) is 54.2 Å². The van der Waals surface area contributed by atoms with E-state index in [2.05, 4.69) is 24.3 Å². The quantitative estimate of drug-likeness (QED) is 0.809. The Balaban J connectivity index is 1.57. The fourth-order valence-corrected chi connectivity index (χ4v) is 3.05. The number of ether oxygens (including phenoxy) is 1. The van der Waals surface area contributed by atoms with Crippen LogP contribution in [0.2, 0.25) is 0 Å². The van der Waals surface area contributed by atoms with Crippen molar-refractivity contribution in [2.45, 2.75) is 44.6 Å². The molecule has 2 heteroatoms. The maximum atomic E-state index is 5.83. The van der Waals surface area contributed by atoms with Crippen LogP contribution in [-0.2, 0) is 6.61 Å². The smallest absolute Gasteiger partial charge is 0.119 e. The van der Waals surface area contributed by atoms with Crippen molar-refractivity contribution in [3.05, 3.63) is 59.7 Å². The molecule has 0 aliphatic heterocycles. The van der Waals surface area contributed by atoms with Crippen LogP contribution < -0.4 is 10.5 Å². The van der Waals surface area contributed by atoms with Gasteiger partial charge in [-0.2, -0.15) is 0 Å². The molecule has 1 aliphatic carbocycles. The Bertz CT molecular complexity index is 553. The van der Waals surface area contributed by atoms with Crippen molar-refractivity contribution in [2.24, 2.45) is 0 Å². The Morgan fingerprint density at radius 2 is 1.52 bits per heavy atom. The minimum absolute atomic E-state index is 0.586. The van der Waals surface area contributed by atoms with E-state index in [0.29, 0.717) is 6.61 Å². The second-order valence-electron chi connectivity index (χ2n) is 5.93. The van der Waals surface area contributed by atoms with Crippen molar-refractivity contribution in [1.29, 1.82) is 0 Å². The fourth-order valence-electron chi connectivity index (χ4n) is 3.05. The van der Waals surface area contributed by atoms with Crippen LogP contribution >= 0.6 is 0 Å². The number of rotatable bonds is 4. The first-order valence-corrected chi connectivity index (χ1v) is 7.88. The van der Waals surface area contributed by atoms with Crippen molar-refractivity contribution >= 4 is 5.69 Å². The number of nitrogens with two attached hydrogens (primary N) is 1. The topological polar surface area (TPSA) is 35.2 Å². The van der Waals surface area contributed by atoms with E-state index >= 15 is 0 Å². The molecular weight excluding hydrogens is 258 g/mol. The van der Waals surface area contributed by atoms with Gasteiger partial charge in [-0.25, -0.2) is 0 Å². The van der Waals surface area contributed by atoms with E-state index < -0.39 is 0 Å². The molecule has 1 fully saturated rings. The summed E-state index contributed by atoms with van der Waals surface area (Å²) in [4.78, 5) is 0. The monoisotopic (exact) mass is 281 g/mol. The van der Waals surface area contributed by atoms with Crippen molar-refractivity contribution in [3.63, 3.8) is 0 Å². The molecule has 0 atom stereocenters. The molecule has 110 valence electrons. The van der Waals surface area contributed by atoms with Crippen molar-refractivity contribution in [1.82, 2.24) is 0 Å². The van der Waals surface area contributed by atoms with Crippen LogP contribution in [0.25, 0.3) is 0 Å². The lowest BCUT2D eigenvalue weighted by atomic mass is 9.84. The Hall–Kier alpha value is -1.96. The van der Waals surface area contributed by atoms with Gasteiger partial charge < -0.3 is 10.5 Å². The van der Waals surface area contributed by atoms with Gasteiger partial charge in [-0.15, -0.1) is 0 Å². The Kier molecular flexibility index (Phi) is 4.44. The summed E-state index contributed by atoms with van der Waals surface area (Å²) in [7, 11) is 0. The molecule has 0 unspecified atom stereocenters. The number of nitrogen functional groups attached to an aromatic ring is 1. The zero-order valence-electron chi connectivity index (χ0n) is 12.4. The molecular formula is C19H23NO. The van der Waals surface area contributed by atoms with Crippen LogP contribution in [0.1, 0.15) is 49.1 Å². The van der Waals surface area contributed by atoms with Crippen molar-refractivity contribution in [3.8, 4) is 5.75 Å². The van der Waals surface area contributed by atoms with E-state index in [1.165, 1.54) is 37.7 Å². The van der Waals surface area contributed by atoms with Gasteiger partial charge in [0.25, 0.3) is 0 Å². The molecule has 2 nitrogen and oxygen atoms in total. The molecule has 0 heterocycles. The molecule has 0 bridgehead atoms. The molecule has 0 radical (unpaired) electrons. The molecule has 2 N–H and O–H groups in total. The summed E-state index contributed by atoms with van der Waals surface area (Å²) >= 11 is 0. The fraction of sp³-hybridized carbons (Fsp3) is 0.368. The first-order valence-electron chi connectivity index (χ1n) is 7.88.